The van der Waals surface area contributed by atoms with Crippen LogP contribution in [0.3, 0.4) is 0 Å². The van der Waals surface area contributed by atoms with Gasteiger partial charge in [-0.2, -0.15) is 0 Å². The Bertz CT molecular complexity index is 688. The van der Waals surface area contributed by atoms with Crippen LogP contribution in [0.4, 0.5) is 13.2 Å². The normalized spacial score (nSPS) is 22.6. The SMILES string of the molecule is O=C(O)CN(CC1CC1)C1CC(NC(=O)c2ccc(F)c(F)c2F)C1. The van der Waals surface area contributed by atoms with E-state index in [9.17, 15) is 22.8 Å². The van der Waals surface area contributed by atoms with Crippen LogP contribution in [0.2, 0.25) is 0 Å². The van der Waals surface area contributed by atoms with Crippen LogP contribution in [-0.4, -0.2) is 47.1 Å². The number of carbonyl (C=O) groups is 2. The minimum atomic E-state index is -1.67. The van der Waals surface area contributed by atoms with Gasteiger partial charge < -0.3 is 10.4 Å². The summed E-state index contributed by atoms with van der Waals surface area (Å²) < 4.78 is 39.8. The number of nitrogens with zero attached hydrogens (tertiary/aromatic N) is 1. The highest BCUT2D eigenvalue weighted by molar-refractivity contribution is 5.94. The van der Waals surface area contributed by atoms with Gasteiger partial charge in [0.25, 0.3) is 5.91 Å². The lowest BCUT2D eigenvalue weighted by atomic mass is 9.85. The molecule has 5 nitrogen and oxygen atoms in total. The zero-order valence-electron chi connectivity index (χ0n) is 13.5. The van der Waals surface area contributed by atoms with Gasteiger partial charge in [-0.25, -0.2) is 13.2 Å². The first-order valence-electron chi connectivity index (χ1n) is 8.25. The van der Waals surface area contributed by atoms with Gasteiger partial charge in [-0.05, 0) is 43.7 Å². The lowest BCUT2D eigenvalue weighted by Crippen LogP contribution is -2.55. The topological polar surface area (TPSA) is 69.6 Å². The number of hydrogen-bond donors (Lipinski definition) is 2. The molecule has 2 N–H and O–H groups in total. The second kappa shape index (κ2) is 7.03. The first-order chi connectivity index (χ1) is 11.8. The quantitative estimate of drug-likeness (QED) is 0.735. The standard InChI is InChI=1S/C17H19F3N2O3/c18-13-4-3-12(15(19)16(13)20)17(25)21-10-5-11(6-10)22(8-14(23)24)7-9-1-2-9/h3-4,9-11H,1-2,5-8H2,(H,21,25)(H,23,24). The molecule has 1 amide bonds. The molecule has 0 atom stereocenters. The lowest BCUT2D eigenvalue weighted by molar-refractivity contribution is -0.139. The summed E-state index contributed by atoms with van der Waals surface area (Å²) in [7, 11) is 0. The lowest BCUT2D eigenvalue weighted by Gasteiger charge is -2.42. The molecule has 25 heavy (non-hydrogen) atoms. The Morgan fingerprint density at radius 3 is 2.44 bits per heavy atom. The second-order valence-corrected chi connectivity index (χ2v) is 6.79. The Morgan fingerprint density at radius 2 is 1.84 bits per heavy atom. The minimum absolute atomic E-state index is 0.0420. The molecular formula is C17H19F3N2O3. The highest BCUT2D eigenvalue weighted by Gasteiger charge is 2.38. The van der Waals surface area contributed by atoms with E-state index < -0.39 is 34.9 Å². The second-order valence-electron chi connectivity index (χ2n) is 6.79. The van der Waals surface area contributed by atoms with Crippen molar-refractivity contribution in [2.24, 2.45) is 5.92 Å². The molecule has 0 radical (unpaired) electrons. The maximum Gasteiger partial charge on any atom is 0.317 e. The van der Waals surface area contributed by atoms with E-state index in [1.807, 2.05) is 4.90 Å². The van der Waals surface area contributed by atoms with E-state index in [4.69, 9.17) is 5.11 Å². The van der Waals surface area contributed by atoms with Crippen molar-refractivity contribution >= 4 is 11.9 Å². The smallest absolute Gasteiger partial charge is 0.317 e. The first kappa shape index (κ1) is 17.7. The van der Waals surface area contributed by atoms with Crippen molar-refractivity contribution in [1.29, 1.82) is 0 Å². The van der Waals surface area contributed by atoms with Crippen LogP contribution in [0.15, 0.2) is 12.1 Å². The Hall–Kier alpha value is -2.09. The van der Waals surface area contributed by atoms with Gasteiger partial charge in [0.05, 0.1) is 12.1 Å². The zero-order chi connectivity index (χ0) is 18.1. The summed E-state index contributed by atoms with van der Waals surface area (Å²) in [4.78, 5) is 24.9. The van der Waals surface area contributed by atoms with Gasteiger partial charge in [-0.3, -0.25) is 14.5 Å². The minimum Gasteiger partial charge on any atom is -0.480 e. The summed E-state index contributed by atoms with van der Waals surface area (Å²) in [6.07, 6.45) is 3.32. The molecule has 2 fully saturated rings. The number of nitrogens with one attached hydrogen (secondary N) is 1. The van der Waals surface area contributed by atoms with Gasteiger partial charge in [-0.15, -0.1) is 0 Å². The molecule has 0 aromatic heterocycles. The van der Waals surface area contributed by atoms with Gasteiger partial charge in [0.2, 0.25) is 0 Å². The summed E-state index contributed by atoms with van der Waals surface area (Å²) >= 11 is 0. The Balaban J connectivity index is 1.54. The third kappa shape index (κ3) is 4.12. The van der Waals surface area contributed by atoms with E-state index in [0.717, 1.165) is 25.5 Å². The number of aliphatic carboxylic acids is 1. The number of carboxylic acid groups (broad SMARTS) is 1. The molecule has 0 aliphatic heterocycles. The highest BCUT2D eigenvalue weighted by atomic mass is 19.2. The number of hydrogen-bond acceptors (Lipinski definition) is 3. The molecule has 2 aliphatic rings. The number of halogens is 3. The molecule has 0 spiro atoms. The summed E-state index contributed by atoms with van der Waals surface area (Å²) in [6.45, 7) is 0.690. The van der Waals surface area contributed by atoms with Crippen molar-refractivity contribution in [1.82, 2.24) is 10.2 Å². The fraction of sp³-hybridized carbons (Fsp3) is 0.529. The van der Waals surface area contributed by atoms with Crippen molar-refractivity contribution in [2.75, 3.05) is 13.1 Å². The van der Waals surface area contributed by atoms with Gasteiger partial charge in [0, 0.05) is 18.6 Å². The molecule has 0 saturated heterocycles. The summed E-state index contributed by atoms with van der Waals surface area (Å²) in [5.74, 6) is -5.67. The Labute approximate surface area is 142 Å². The Kier molecular flexibility index (Phi) is 4.99. The van der Waals surface area contributed by atoms with Crippen LogP contribution in [0.25, 0.3) is 0 Å². The van der Waals surface area contributed by atoms with Gasteiger partial charge in [-0.1, -0.05) is 0 Å². The molecule has 1 aromatic carbocycles. The van der Waals surface area contributed by atoms with Gasteiger partial charge in [0.1, 0.15) is 0 Å². The molecule has 0 heterocycles. The maximum atomic E-state index is 13.6. The van der Waals surface area contributed by atoms with Crippen LogP contribution in [0.1, 0.15) is 36.0 Å². The molecule has 136 valence electrons. The van der Waals surface area contributed by atoms with Gasteiger partial charge in [0.15, 0.2) is 17.5 Å². The third-order valence-electron chi connectivity index (χ3n) is 4.77. The maximum absolute atomic E-state index is 13.6. The number of benzene rings is 1. The largest absolute Gasteiger partial charge is 0.480 e. The molecule has 1 aromatic rings. The first-order valence-corrected chi connectivity index (χ1v) is 8.25. The van der Waals surface area contributed by atoms with Crippen molar-refractivity contribution in [2.45, 2.75) is 37.8 Å². The predicted molar refractivity (Wildman–Crippen MR) is 82.5 cm³/mol. The monoisotopic (exact) mass is 356 g/mol. The van der Waals surface area contributed by atoms with Crippen molar-refractivity contribution in [3.63, 3.8) is 0 Å². The van der Waals surface area contributed by atoms with Crippen LogP contribution in [0, 0.1) is 23.4 Å². The third-order valence-corrected chi connectivity index (χ3v) is 4.77. The zero-order valence-corrected chi connectivity index (χ0v) is 13.5. The number of carboxylic acids is 1. The van der Waals surface area contributed by atoms with Crippen molar-refractivity contribution < 1.29 is 27.9 Å². The summed E-state index contributed by atoms with van der Waals surface area (Å²) in [5, 5.41) is 11.6. The summed E-state index contributed by atoms with van der Waals surface area (Å²) in [5.41, 5.74) is -0.539. The molecular weight excluding hydrogens is 337 g/mol. The average Bonchev–Trinajstić information content (AvgIpc) is 3.31. The molecule has 0 unspecified atom stereocenters. The highest BCUT2D eigenvalue weighted by Crippen LogP contribution is 2.33. The summed E-state index contributed by atoms with van der Waals surface area (Å²) in [6, 6.07) is 1.43. The van der Waals surface area contributed by atoms with Crippen LogP contribution in [-0.2, 0) is 4.79 Å². The average molecular weight is 356 g/mol. The molecule has 3 rings (SSSR count). The van der Waals surface area contributed by atoms with Gasteiger partial charge >= 0.3 is 5.97 Å². The van der Waals surface area contributed by atoms with Crippen LogP contribution < -0.4 is 5.32 Å². The van der Waals surface area contributed by atoms with E-state index in [-0.39, 0.29) is 18.6 Å². The molecule has 2 saturated carbocycles. The van der Waals surface area contributed by atoms with E-state index in [0.29, 0.717) is 24.8 Å². The predicted octanol–water partition coefficient (Wildman–Crippen LogP) is 2.16. The van der Waals surface area contributed by atoms with E-state index in [2.05, 4.69) is 5.32 Å². The fourth-order valence-electron chi connectivity index (χ4n) is 3.12. The van der Waals surface area contributed by atoms with E-state index >= 15 is 0 Å². The molecule has 0 bridgehead atoms. The number of carbonyl (C=O) groups excluding carboxylic acids is 1. The van der Waals surface area contributed by atoms with E-state index in [1.165, 1.54) is 0 Å². The Morgan fingerprint density at radius 1 is 1.16 bits per heavy atom. The molecule has 8 heteroatoms. The molecule has 2 aliphatic carbocycles. The van der Waals surface area contributed by atoms with Crippen molar-refractivity contribution in [3.05, 3.63) is 35.1 Å². The van der Waals surface area contributed by atoms with Crippen molar-refractivity contribution in [3.8, 4) is 0 Å². The van der Waals surface area contributed by atoms with Crippen LogP contribution >= 0.6 is 0 Å². The fourth-order valence-corrected chi connectivity index (χ4v) is 3.12. The number of rotatable bonds is 7. The van der Waals surface area contributed by atoms with E-state index in [1.54, 1.807) is 0 Å². The number of amides is 1. The van der Waals surface area contributed by atoms with Crippen LogP contribution in [0.5, 0.6) is 0 Å².